The van der Waals surface area contributed by atoms with Crippen LogP contribution in [0.5, 0.6) is 0 Å². The summed E-state index contributed by atoms with van der Waals surface area (Å²) in [5.41, 5.74) is 2.23. The Bertz CT molecular complexity index is 185. The number of hydrogen-bond donors (Lipinski definition) is 0. The van der Waals surface area contributed by atoms with Crippen LogP contribution in [-0.2, 0) is 0 Å². The molecular weight excluding hydrogens is 134 g/mol. The number of hydrogen-bond acceptors (Lipinski definition) is 1. The fourth-order valence-electron chi connectivity index (χ4n) is 0.797. The van der Waals surface area contributed by atoms with Crippen LogP contribution in [-0.4, -0.2) is 19.0 Å². The van der Waals surface area contributed by atoms with E-state index in [1.807, 2.05) is 38.9 Å². The van der Waals surface area contributed by atoms with Crippen molar-refractivity contribution in [3.05, 3.63) is 36.1 Å². The van der Waals surface area contributed by atoms with Crippen molar-refractivity contribution in [2.45, 2.75) is 13.8 Å². The van der Waals surface area contributed by atoms with Crippen LogP contribution < -0.4 is 0 Å². The lowest BCUT2D eigenvalue weighted by atomic mass is 10.2. The number of allylic oxidation sites excluding steroid dienone is 3. The van der Waals surface area contributed by atoms with Gasteiger partial charge in [0.05, 0.1) is 0 Å². The van der Waals surface area contributed by atoms with E-state index in [2.05, 4.69) is 18.7 Å². The van der Waals surface area contributed by atoms with Crippen LogP contribution in [0, 0.1) is 0 Å². The Morgan fingerprint density at radius 1 is 1.27 bits per heavy atom. The van der Waals surface area contributed by atoms with E-state index < -0.39 is 0 Å². The maximum atomic E-state index is 3.95. The Morgan fingerprint density at radius 3 is 2.09 bits per heavy atom. The molecule has 0 aromatic carbocycles. The van der Waals surface area contributed by atoms with Gasteiger partial charge < -0.3 is 4.90 Å². The average Bonchev–Trinajstić information content (AvgIpc) is 1.98. The lowest BCUT2D eigenvalue weighted by Gasteiger charge is -2.16. The van der Waals surface area contributed by atoms with E-state index >= 15 is 0 Å². The lowest BCUT2D eigenvalue weighted by Crippen LogP contribution is -2.10. The zero-order valence-electron chi connectivity index (χ0n) is 7.89. The number of likely N-dealkylation sites (N-methyl/N-ethyl adjacent to an activating group) is 1. The monoisotopic (exact) mass is 151 g/mol. The summed E-state index contributed by atoms with van der Waals surface area (Å²) >= 11 is 0. The van der Waals surface area contributed by atoms with Gasteiger partial charge >= 0.3 is 0 Å². The lowest BCUT2D eigenvalue weighted by molar-refractivity contribution is 0.527. The molecule has 1 heteroatoms. The minimum atomic E-state index is 1.05. The van der Waals surface area contributed by atoms with E-state index in [-0.39, 0.29) is 0 Å². The normalized spacial score (nSPS) is 12.2. The van der Waals surface area contributed by atoms with Crippen molar-refractivity contribution in [3.63, 3.8) is 0 Å². The van der Waals surface area contributed by atoms with E-state index in [1.54, 1.807) is 0 Å². The van der Waals surface area contributed by atoms with E-state index in [0.29, 0.717) is 0 Å². The summed E-state index contributed by atoms with van der Waals surface area (Å²) < 4.78 is 0. The van der Waals surface area contributed by atoms with E-state index in [1.165, 1.54) is 5.57 Å². The Hall–Kier alpha value is -0.980. The first kappa shape index (κ1) is 10.0. The summed E-state index contributed by atoms with van der Waals surface area (Å²) in [6.45, 7) is 7.97. The van der Waals surface area contributed by atoms with Crippen LogP contribution in [0.4, 0.5) is 0 Å². The molecular formula is C10H17N. The molecule has 0 bridgehead atoms. The number of nitrogens with zero attached hydrogens (tertiary/aromatic N) is 1. The van der Waals surface area contributed by atoms with Gasteiger partial charge in [-0.1, -0.05) is 24.8 Å². The third-order valence-corrected chi connectivity index (χ3v) is 1.53. The molecule has 0 amide bonds. The van der Waals surface area contributed by atoms with E-state index in [9.17, 15) is 0 Å². The molecule has 0 aromatic rings. The number of rotatable bonds is 3. The van der Waals surface area contributed by atoms with Gasteiger partial charge in [0.25, 0.3) is 0 Å². The van der Waals surface area contributed by atoms with Gasteiger partial charge in [-0.2, -0.15) is 0 Å². The molecule has 0 atom stereocenters. The Morgan fingerprint density at radius 2 is 1.82 bits per heavy atom. The minimum absolute atomic E-state index is 1.05. The molecule has 0 aliphatic carbocycles. The highest BCUT2D eigenvalue weighted by atomic mass is 15.1. The third kappa shape index (κ3) is 3.08. The van der Waals surface area contributed by atoms with Gasteiger partial charge in [0.15, 0.2) is 0 Å². The van der Waals surface area contributed by atoms with Crippen LogP contribution >= 0.6 is 0 Å². The van der Waals surface area contributed by atoms with Gasteiger partial charge in [-0.3, -0.25) is 0 Å². The quantitative estimate of drug-likeness (QED) is 0.560. The molecule has 0 rings (SSSR count). The van der Waals surface area contributed by atoms with Crippen molar-refractivity contribution < 1.29 is 0 Å². The van der Waals surface area contributed by atoms with Gasteiger partial charge in [-0.15, -0.1) is 0 Å². The second-order valence-electron chi connectivity index (χ2n) is 2.59. The first-order valence-corrected chi connectivity index (χ1v) is 3.79. The Labute approximate surface area is 69.7 Å². The molecule has 0 saturated heterocycles. The molecule has 0 N–H and O–H groups in total. The van der Waals surface area contributed by atoms with Crippen molar-refractivity contribution in [1.82, 2.24) is 4.90 Å². The SMILES string of the molecule is C=C(C(/C=C\C)=C/C)N(C)C. The Kier molecular flexibility index (Phi) is 4.35. The molecule has 0 unspecified atom stereocenters. The third-order valence-electron chi connectivity index (χ3n) is 1.53. The summed E-state index contributed by atoms with van der Waals surface area (Å²) in [6.07, 6.45) is 6.13. The Balaban J connectivity index is 4.41. The molecule has 11 heavy (non-hydrogen) atoms. The van der Waals surface area contributed by atoms with Crippen LogP contribution in [0.3, 0.4) is 0 Å². The van der Waals surface area contributed by atoms with Gasteiger partial charge in [0, 0.05) is 19.8 Å². The van der Waals surface area contributed by atoms with Crippen molar-refractivity contribution in [1.29, 1.82) is 0 Å². The average molecular weight is 151 g/mol. The van der Waals surface area contributed by atoms with Gasteiger partial charge in [0.2, 0.25) is 0 Å². The maximum absolute atomic E-state index is 3.95. The molecule has 0 heterocycles. The molecule has 0 aliphatic rings. The highest BCUT2D eigenvalue weighted by molar-refractivity contribution is 5.35. The first-order valence-electron chi connectivity index (χ1n) is 3.79. The molecule has 1 nitrogen and oxygen atoms in total. The highest BCUT2D eigenvalue weighted by Crippen LogP contribution is 2.10. The zero-order valence-corrected chi connectivity index (χ0v) is 7.89. The summed E-state index contributed by atoms with van der Waals surface area (Å²) in [6, 6.07) is 0. The molecule has 0 radical (unpaired) electrons. The van der Waals surface area contributed by atoms with E-state index in [4.69, 9.17) is 0 Å². The fourth-order valence-corrected chi connectivity index (χ4v) is 0.797. The second kappa shape index (κ2) is 4.78. The van der Waals surface area contributed by atoms with Gasteiger partial charge in [0.1, 0.15) is 0 Å². The first-order chi connectivity index (χ1) is 5.13. The summed E-state index contributed by atoms with van der Waals surface area (Å²) in [5.74, 6) is 0. The van der Waals surface area contributed by atoms with Crippen LogP contribution in [0.1, 0.15) is 13.8 Å². The van der Waals surface area contributed by atoms with Crippen molar-refractivity contribution >= 4 is 0 Å². The van der Waals surface area contributed by atoms with Crippen molar-refractivity contribution in [2.75, 3.05) is 14.1 Å². The standard InChI is InChI=1S/C10H17N/c1-6-8-10(7-2)9(3)11(4)5/h6-8H,3H2,1-2,4-5H3/b8-6-,10-7+. The molecule has 0 fully saturated rings. The van der Waals surface area contributed by atoms with Gasteiger partial charge in [-0.25, -0.2) is 0 Å². The van der Waals surface area contributed by atoms with Crippen LogP contribution in [0.2, 0.25) is 0 Å². The summed E-state index contributed by atoms with van der Waals surface area (Å²) in [4.78, 5) is 2.01. The smallest absolute Gasteiger partial charge is 0.0358 e. The van der Waals surface area contributed by atoms with Crippen molar-refractivity contribution in [2.24, 2.45) is 0 Å². The predicted molar refractivity (Wildman–Crippen MR) is 51.4 cm³/mol. The predicted octanol–water partition coefficient (Wildman–Crippen LogP) is 2.58. The second-order valence-corrected chi connectivity index (χ2v) is 2.59. The highest BCUT2D eigenvalue weighted by Gasteiger charge is 1.97. The van der Waals surface area contributed by atoms with Crippen molar-refractivity contribution in [3.8, 4) is 0 Å². The maximum Gasteiger partial charge on any atom is 0.0358 e. The fraction of sp³-hybridized carbons (Fsp3) is 0.400. The zero-order chi connectivity index (χ0) is 8.85. The molecule has 62 valence electrons. The summed E-state index contributed by atoms with van der Waals surface area (Å²) in [7, 11) is 3.99. The molecule has 0 spiro atoms. The molecule has 0 aromatic heterocycles. The minimum Gasteiger partial charge on any atom is -0.378 e. The summed E-state index contributed by atoms with van der Waals surface area (Å²) in [5, 5.41) is 0. The van der Waals surface area contributed by atoms with Gasteiger partial charge in [-0.05, 0) is 19.4 Å². The van der Waals surface area contributed by atoms with Crippen LogP contribution in [0.25, 0.3) is 0 Å². The van der Waals surface area contributed by atoms with E-state index in [0.717, 1.165) is 5.70 Å². The molecule has 0 saturated carbocycles. The van der Waals surface area contributed by atoms with Crippen LogP contribution in [0.15, 0.2) is 36.1 Å². The topological polar surface area (TPSA) is 3.24 Å². The molecule has 0 aliphatic heterocycles. The largest absolute Gasteiger partial charge is 0.378 e.